The first kappa shape index (κ1) is 114. The van der Waals surface area contributed by atoms with E-state index >= 15 is 0 Å². The molecule has 10 aromatic heterocycles. The number of sulfonamides is 4. The topological polar surface area (TPSA) is 507 Å². The SMILES string of the molecule is CC1(C)CCC(CCCO)C1.CC1(C)CCC(CCCOc2cccc(S(=O)(=O)NC(=O)c3ccc(-n4ccc(OCCC5(C)CC5)n4)nc3Cl)n2)C1.CC1(C)CCC(CCCOc2cccc(S(N)(=O)=O)n2)C1.CC1(CCOc2ccn(-c3ccc(C(=O)O)c(Cl)n3)n2)CC1.CC1(CCOc2ccn(-c3ccc4c(n3)N3C(CCCOc5cccc(n5)S(=O)(=O)NC4=O)CCC3(C)C)n2)CC1.NS(=O)(=O)c1cccc(F)n1. The van der Waals surface area contributed by atoms with Crippen LogP contribution in [0.1, 0.15) is 287 Å². The van der Waals surface area contributed by atoms with Crippen LogP contribution in [0.25, 0.3) is 17.5 Å². The molecule has 6 saturated carbocycles. The van der Waals surface area contributed by atoms with E-state index < -0.39 is 68.9 Å². The number of pyridine rings is 7. The summed E-state index contributed by atoms with van der Waals surface area (Å²) in [6.45, 7) is 28.6. The number of amides is 2. The number of ether oxygens (including phenoxy) is 6. The molecule has 0 radical (unpaired) electrons. The zero-order chi connectivity index (χ0) is 107. The second-order valence-corrected chi connectivity index (χ2v) is 50.6. The molecule has 8 N–H and O–H groups in total. The molecule has 4 atom stereocenters. The zero-order valence-electron chi connectivity index (χ0n) is 85.9. The Morgan fingerprint density at radius 3 is 1.35 bits per heavy atom. The molecular formula is C104H139Cl2FN18O19S4. The molecule has 12 heterocycles. The summed E-state index contributed by atoms with van der Waals surface area (Å²) in [5, 5.41) is 39.0. The Morgan fingerprint density at radius 2 is 0.919 bits per heavy atom. The number of fused-ring (bicyclic) bond motifs is 5. The summed E-state index contributed by atoms with van der Waals surface area (Å²) >= 11 is 12.1. The molecule has 2 amide bonds. The van der Waals surface area contributed by atoms with Gasteiger partial charge in [0, 0.05) is 73.2 Å². The molecule has 44 heteroatoms. The van der Waals surface area contributed by atoms with Gasteiger partial charge in [0.1, 0.15) is 16.1 Å². The minimum Gasteiger partial charge on any atom is -0.478 e. The van der Waals surface area contributed by atoms with Crippen molar-refractivity contribution in [2.45, 2.75) is 288 Å². The summed E-state index contributed by atoms with van der Waals surface area (Å²) in [6.07, 6.45) is 37.0. The maximum Gasteiger partial charge on any atom is 0.338 e. The van der Waals surface area contributed by atoms with Crippen molar-refractivity contribution in [3.8, 4) is 52.7 Å². The average molecular weight is 2160 g/mol. The second-order valence-electron chi connectivity index (χ2n) is 43.6. The number of carboxylic acid groups (broad SMARTS) is 1. The second kappa shape index (κ2) is 48.9. The Labute approximate surface area is 876 Å². The quantitative estimate of drug-likeness (QED) is 0.0161. The van der Waals surface area contributed by atoms with Gasteiger partial charge in [-0.3, -0.25) is 9.59 Å². The van der Waals surface area contributed by atoms with Crippen molar-refractivity contribution in [2.24, 2.45) is 60.5 Å². The fraction of sp³-hybridized carbons (Fsp3) is 0.548. The Kier molecular flexibility index (Phi) is 37.7. The molecule has 2 bridgehead atoms. The van der Waals surface area contributed by atoms with Crippen LogP contribution in [0, 0.1) is 56.2 Å². The minimum absolute atomic E-state index is 0.0354. The maximum absolute atomic E-state index is 13.6. The summed E-state index contributed by atoms with van der Waals surface area (Å²) in [7, 11) is -16.2. The first-order chi connectivity index (χ1) is 69.8. The third-order valence-electron chi connectivity index (χ3n) is 28.5. The van der Waals surface area contributed by atoms with Gasteiger partial charge in [0.05, 0.1) is 56.3 Å². The van der Waals surface area contributed by atoms with Gasteiger partial charge in [-0.25, -0.2) is 80.3 Å². The smallest absolute Gasteiger partial charge is 0.338 e. The number of aliphatic hydroxyl groups excluding tert-OH is 1. The molecule has 6 aliphatic carbocycles. The summed E-state index contributed by atoms with van der Waals surface area (Å²) in [4.78, 5) is 67.9. The summed E-state index contributed by atoms with van der Waals surface area (Å²) in [5.74, 6) is 2.62. The van der Waals surface area contributed by atoms with Crippen molar-refractivity contribution in [1.82, 2.24) is 73.7 Å². The number of carbonyl (C=O) groups excluding carboxylic acids is 2. The highest BCUT2D eigenvalue weighted by Crippen LogP contribution is 2.51. The fourth-order valence-corrected chi connectivity index (χ4v) is 22.1. The molecule has 18 rings (SSSR count). The molecule has 148 heavy (non-hydrogen) atoms. The van der Waals surface area contributed by atoms with E-state index in [4.69, 9.17) is 72.0 Å². The first-order valence-electron chi connectivity index (χ1n) is 50.5. The fourth-order valence-electron chi connectivity index (χ4n) is 18.8. The minimum atomic E-state index is -4.29. The number of nitrogens with two attached hydrogens (primary N) is 2. The maximum atomic E-state index is 13.6. The highest BCUT2D eigenvalue weighted by molar-refractivity contribution is 7.90. The van der Waals surface area contributed by atoms with Gasteiger partial charge in [-0.05, 0) is 311 Å². The van der Waals surface area contributed by atoms with Crippen LogP contribution in [0.2, 0.25) is 10.3 Å². The van der Waals surface area contributed by atoms with E-state index in [9.17, 15) is 52.4 Å². The van der Waals surface area contributed by atoms with Crippen LogP contribution in [0.4, 0.5) is 10.2 Å². The van der Waals surface area contributed by atoms with Crippen molar-refractivity contribution in [2.75, 3.05) is 51.1 Å². The molecule has 804 valence electrons. The lowest BCUT2D eigenvalue weighted by molar-refractivity contribution is 0.0695. The van der Waals surface area contributed by atoms with Crippen molar-refractivity contribution >= 4 is 86.9 Å². The van der Waals surface area contributed by atoms with Gasteiger partial charge < -0.3 is 43.5 Å². The zero-order valence-corrected chi connectivity index (χ0v) is 90.7. The number of anilines is 1. The average Bonchev–Trinajstić information content (AvgIpc) is 1.58. The number of carbonyl (C=O) groups is 3. The van der Waals surface area contributed by atoms with Crippen LogP contribution in [-0.2, 0) is 40.1 Å². The van der Waals surface area contributed by atoms with Crippen LogP contribution in [0.5, 0.6) is 35.3 Å². The van der Waals surface area contributed by atoms with Crippen molar-refractivity contribution < 1.29 is 91.1 Å². The Hall–Kier alpha value is -11.1. The molecular weight excluding hydrogens is 2020 g/mol. The predicted molar refractivity (Wildman–Crippen MR) is 556 cm³/mol. The standard InChI is InChI=1S/C30H38ClN5O5S.C29H36N6O5S.C15H16ClN3O3.C15H24N2O3S.C10H20O.C5H5FN2O2S/c1-29(2)13-11-21(20-29)6-5-18-40-24-7-4-8-26(33-24)42(38,39)35-28(37)22-9-10-23(32-27(22)31)36-17-12-25(34-36)41-19-16-30(3)14-15-30;1-28(2)13-11-20-6-5-18-39-23-7-4-8-25(31-23)41(37,38)33-27(36)21-9-10-22(30-26(21)35(20)28)34-17-12-24(32-34)40-19-16-29(3)14-15-29;1-15(5-6-15)7-9-22-12-4-8-19(18-12)11-3-2-10(14(20)21)13(16)17-11;1-15(2)9-8-12(11-15)5-4-10-20-13-6-3-7-14(17-13)21(16,18)19;1-10(2)6-5-9(8-10)4-3-7-11;6-4-2-1-3-5(8-4)11(7,9)10/h4,7-10,12,17,21H,5-6,11,13-16,18-20H2,1-3H3,(H,35,37);4,7-10,12,17,20H,5-6,11,13-16,18-19H2,1-3H3,(H,33,36);2-4,8H,5-7,9H2,1H3,(H,20,21);3,6-7,12H,4-5,8-11H2,1-2H3,(H2,16,18,19);9,11H,3-8H2,1-2H3;1-3H,(H2,7,9,10). The first-order valence-corrected chi connectivity index (χ1v) is 57.3. The predicted octanol–water partition coefficient (Wildman–Crippen LogP) is 18.6. The molecule has 10 aromatic rings. The number of nitrogens with one attached hydrogen (secondary N) is 2. The van der Waals surface area contributed by atoms with E-state index in [1.54, 1.807) is 90.0 Å². The lowest BCUT2D eigenvalue weighted by Gasteiger charge is -2.38. The molecule has 37 nitrogen and oxygen atoms in total. The molecule has 2 aliphatic heterocycles. The normalized spacial score (nSPS) is 20.0. The molecule has 0 aromatic carbocycles. The number of aromatic carboxylic acids is 1. The number of carboxylic acids is 1. The monoisotopic (exact) mass is 2160 g/mol. The van der Waals surface area contributed by atoms with E-state index in [-0.39, 0.29) is 65.4 Å². The van der Waals surface area contributed by atoms with E-state index in [0.29, 0.717) is 131 Å². The van der Waals surface area contributed by atoms with Crippen LogP contribution in [0.15, 0.2) is 166 Å². The third kappa shape index (κ3) is 33.9. The molecule has 7 fully saturated rings. The highest BCUT2D eigenvalue weighted by Gasteiger charge is 2.44. The Balaban J connectivity index is 0.000000159. The van der Waals surface area contributed by atoms with E-state index in [1.165, 1.54) is 161 Å². The van der Waals surface area contributed by atoms with Crippen LogP contribution in [0.3, 0.4) is 0 Å². The van der Waals surface area contributed by atoms with E-state index in [1.807, 2.05) is 4.72 Å². The van der Waals surface area contributed by atoms with Crippen LogP contribution in [-0.4, -0.2) is 184 Å². The lowest BCUT2D eigenvalue weighted by atomic mass is 9.89. The molecule has 0 spiro atoms. The largest absolute Gasteiger partial charge is 0.478 e. The van der Waals surface area contributed by atoms with Gasteiger partial charge in [0.2, 0.25) is 41.2 Å². The number of rotatable bonds is 34. The van der Waals surface area contributed by atoms with Gasteiger partial charge in [-0.2, -0.15) is 31.2 Å². The van der Waals surface area contributed by atoms with Crippen LogP contribution >= 0.6 is 23.2 Å². The molecule has 4 unspecified atom stereocenters. The third-order valence-corrected chi connectivity index (χ3v) is 33.1. The summed E-state index contributed by atoms with van der Waals surface area (Å²) < 4.78 is 151. The highest BCUT2D eigenvalue weighted by atomic mass is 35.5. The van der Waals surface area contributed by atoms with Gasteiger partial charge in [-0.1, -0.05) is 110 Å². The summed E-state index contributed by atoms with van der Waals surface area (Å²) in [5.41, 5.74) is 2.43. The van der Waals surface area contributed by atoms with Crippen molar-refractivity contribution in [1.29, 1.82) is 0 Å². The van der Waals surface area contributed by atoms with Gasteiger partial charge in [-0.15, -0.1) is 15.3 Å². The van der Waals surface area contributed by atoms with Crippen molar-refractivity contribution in [3.63, 3.8) is 0 Å². The van der Waals surface area contributed by atoms with Gasteiger partial charge >= 0.3 is 5.97 Å². The number of aliphatic hydroxyl groups is 1. The Bertz CT molecular complexity index is 6740. The number of hydrogen-bond acceptors (Lipinski definition) is 29. The Morgan fingerprint density at radius 1 is 0.493 bits per heavy atom. The lowest BCUT2D eigenvalue weighted by Crippen LogP contribution is -2.45. The van der Waals surface area contributed by atoms with Gasteiger partial charge in [0.15, 0.2) is 37.6 Å². The van der Waals surface area contributed by atoms with Crippen LogP contribution < -0.4 is 53.0 Å². The van der Waals surface area contributed by atoms with Gasteiger partial charge in [0.25, 0.3) is 51.9 Å². The number of nitrogens with zero attached hydrogens (tertiary/aromatic N) is 14. The number of aromatic nitrogens is 13. The van der Waals surface area contributed by atoms with E-state index in [2.05, 4.69) is 136 Å². The molecule has 1 saturated heterocycles. The van der Waals surface area contributed by atoms with Crippen molar-refractivity contribution in [3.05, 3.63) is 179 Å². The number of halogens is 3. The molecule has 8 aliphatic rings. The van der Waals surface area contributed by atoms with E-state index in [0.717, 1.165) is 101 Å². The number of hydrogen-bond donors (Lipinski definition) is 6. The summed E-state index contributed by atoms with van der Waals surface area (Å²) in [6, 6.07) is 31.4. The number of primary sulfonamides is 2.